The number of halogens is 1. The Bertz CT molecular complexity index is 1070. The zero-order valence-electron chi connectivity index (χ0n) is 15.3. The fourth-order valence-corrected chi connectivity index (χ4v) is 5.27. The quantitative estimate of drug-likeness (QED) is 0.623. The van der Waals surface area contributed by atoms with Gasteiger partial charge < -0.3 is 4.74 Å². The number of piperidine rings is 1. The molecule has 0 radical (unpaired) electrons. The van der Waals surface area contributed by atoms with Crippen molar-refractivity contribution in [1.82, 2.24) is 9.29 Å². The van der Waals surface area contributed by atoms with Gasteiger partial charge in [0.1, 0.15) is 17.4 Å². The molecule has 0 unspecified atom stereocenters. The van der Waals surface area contributed by atoms with Gasteiger partial charge in [-0.05, 0) is 42.7 Å². The Hall–Kier alpha value is -2.15. The normalized spacial score (nSPS) is 16.3. The summed E-state index contributed by atoms with van der Waals surface area (Å²) < 4.78 is 33.2. The van der Waals surface area contributed by atoms with Gasteiger partial charge in [0.25, 0.3) is 0 Å². The van der Waals surface area contributed by atoms with Gasteiger partial charge in [-0.25, -0.2) is 12.7 Å². The average Bonchev–Trinajstić information content (AvgIpc) is 2.68. The van der Waals surface area contributed by atoms with Gasteiger partial charge in [-0.3, -0.25) is 4.98 Å². The molecule has 2 aromatic carbocycles. The molecule has 0 spiro atoms. The molecular formula is C21H21ClN2O3S. The van der Waals surface area contributed by atoms with Gasteiger partial charge in [0.2, 0.25) is 10.0 Å². The van der Waals surface area contributed by atoms with Crippen molar-refractivity contribution < 1.29 is 13.2 Å². The number of aromatic nitrogens is 1. The van der Waals surface area contributed by atoms with Crippen LogP contribution in [0.25, 0.3) is 10.9 Å². The molecule has 0 N–H and O–H groups in total. The van der Waals surface area contributed by atoms with E-state index < -0.39 is 10.0 Å². The summed E-state index contributed by atoms with van der Waals surface area (Å²) in [4.78, 5) is 4.41. The number of ether oxygens (including phenoxy) is 1. The third-order valence-electron chi connectivity index (χ3n) is 4.92. The van der Waals surface area contributed by atoms with Crippen molar-refractivity contribution >= 4 is 32.5 Å². The molecule has 0 aliphatic carbocycles. The summed E-state index contributed by atoms with van der Waals surface area (Å²) >= 11 is 5.97. The number of hydrogen-bond acceptors (Lipinski definition) is 4. The van der Waals surface area contributed by atoms with Crippen LogP contribution in [-0.4, -0.2) is 36.9 Å². The highest BCUT2D eigenvalue weighted by Gasteiger charge is 2.29. The smallest absolute Gasteiger partial charge is 0.218 e. The molecule has 146 valence electrons. The van der Waals surface area contributed by atoms with E-state index in [2.05, 4.69) is 4.98 Å². The maximum absolute atomic E-state index is 12.7. The van der Waals surface area contributed by atoms with Crippen LogP contribution in [0.4, 0.5) is 0 Å². The fourth-order valence-electron chi connectivity index (χ4n) is 3.51. The highest BCUT2D eigenvalue weighted by Crippen LogP contribution is 2.27. The van der Waals surface area contributed by atoms with Gasteiger partial charge in [0, 0.05) is 29.7 Å². The Morgan fingerprint density at radius 3 is 2.61 bits per heavy atom. The first-order valence-corrected chi connectivity index (χ1v) is 11.2. The lowest BCUT2D eigenvalue weighted by atomic mass is 10.1. The second-order valence-electron chi connectivity index (χ2n) is 6.93. The molecule has 2 heterocycles. The highest BCUT2D eigenvalue weighted by atomic mass is 35.5. The number of para-hydroxylation sites is 1. The highest BCUT2D eigenvalue weighted by molar-refractivity contribution is 7.88. The third-order valence-corrected chi connectivity index (χ3v) is 7.01. The van der Waals surface area contributed by atoms with Crippen LogP contribution < -0.4 is 4.74 Å². The fraction of sp³-hybridized carbons (Fsp3) is 0.286. The van der Waals surface area contributed by atoms with Gasteiger partial charge in [-0.1, -0.05) is 41.9 Å². The van der Waals surface area contributed by atoms with E-state index in [0.717, 1.165) is 16.7 Å². The van der Waals surface area contributed by atoms with E-state index in [1.807, 2.05) is 30.3 Å². The topological polar surface area (TPSA) is 59.5 Å². The molecule has 1 aromatic heterocycles. The van der Waals surface area contributed by atoms with Crippen LogP contribution >= 0.6 is 11.6 Å². The largest absolute Gasteiger partial charge is 0.488 e. The molecule has 3 aromatic rings. The molecule has 1 saturated heterocycles. The summed E-state index contributed by atoms with van der Waals surface area (Å²) in [6, 6.07) is 16.8. The van der Waals surface area contributed by atoms with E-state index in [9.17, 15) is 8.42 Å². The van der Waals surface area contributed by atoms with Crippen LogP contribution in [0.15, 0.2) is 60.8 Å². The molecule has 0 bridgehead atoms. The van der Waals surface area contributed by atoms with Crippen LogP contribution in [-0.2, 0) is 15.8 Å². The van der Waals surface area contributed by atoms with Crippen molar-refractivity contribution in [1.29, 1.82) is 0 Å². The maximum atomic E-state index is 12.7. The zero-order chi connectivity index (χ0) is 19.6. The zero-order valence-corrected chi connectivity index (χ0v) is 16.9. The van der Waals surface area contributed by atoms with Crippen molar-refractivity contribution in [3.63, 3.8) is 0 Å². The monoisotopic (exact) mass is 416 g/mol. The first-order chi connectivity index (χ1) is 13.5. The molecule has 4 rings (SSSR count). The minimum Gasteiger partial charge on any atom is -0.488 e. The van der Waals surface area contributed by atoms with E-state index in [1.54, 1.807) is 34.8 Å². The summed E-state index contributed by atoms with van der Waals surface area (Å²) in [5.74, 6) is 0.713. The van der Waals surface area contributed by atoms with Crippen molar-refractivity contribution in [2.24, 2.45) is 0 Å². The van der Waals surface area contributed by atoms with E-state index in [1.165, 1.54) is 0 Å². The van der Waals surface area contributed by atoms with Crippen LogP contribution in [0.5, 0.6) is 5.75 Å². The molecule has 1 aliphatic rings. The third kappa shape index (κ3) is 4.29. The number of benzene rings is 2. The number of sulfonamides is 1. The number of pyridine rings is 1. The van der Waals surface area contributed by atoms with Crippen molar-refractivity contribution in [3.8, 4) is 5.75 Å². The van der Waals surface area contributed by atoms with E-state index in [4.69, 9.17) is 16.3 Å². The molecule has 0 saturated carbocycles. The Balaban J connectivity index is 1.40. The average molecular weight is 417 g/mol. The SMILES string of the molecule is O=S(=O)(Cc1cccc(Cl)c1)N1CCC(Oc2cccc3cccnc23)CC1. The molecule has 0 atom stereocenters. The second-order valence-corrected chi connectivity index (χ2v) is 9.34. The van der Waals surface area contributed by atoms with Crippen LogP contribution in [0.2, 0.25) is 5.02 Å². The van der Waals surface area contributed by atoms with Crippen LogP contribution in [0, 0.1) is 0 Å². The van der Waals surface area contributed by atoms with Gasteiger partial charge >= 0.3 is 0 Å². The first-order valence-electron chi connectivity index (χ1n) is 9.24. The molecule has 1 fully saturated rings. The molecule has 1 aliphatic heterocycles. The van der Waals surface area contributed by atoms with Crippen LogP contribution in [0.3, 0.4) is 0 Å². The molecular weight excluding hydrogens is 396 g/mol. The van der Waals surface area contributed by atoms with Gasteiger partial charge in [-0.2, -0.15) is 0 Å². The molecule has 0 amide bonds. The lowest BCUT2D eigenvalue weighted by Gasteiger charge is -2.31. The van der Waals surface area contributed by atoms with Gasteiger partial charge in [-0.15, -0.1) is 0 Å². The number of nitrogens with zero attached hydrogens (tertiary/aromatic N) is 2. The minimum absolute atomic E-state index is 0.0229. The Kier molecular flexibility index (Phi) is 5.53. The summed E-state index contributed by atoms with van der Waals surface area (Å²) in [6.45, 7) is 0.900. The minimum atomic E-state index is -3.38. The van der Waals surface area contributed by atoms with E-state index in [0.29, 0.717) is 36.5 Å². The van der Waals surface area contributed by atoms with Gasteiger partial charge in [0.05, 0.1) is 5.75 Å². The molecule has 28 heavy (non-hydrogen) atoms. The number of hydrogen-bond donors (Lipinski definition) is 0. The summed E-state index contributed by atoms with van der Waals surface area (Å²) in [5.41, 5.74) is 1.54. The number of rotatable bonds is 5. The Labute approximate surface area is 170 Å². The van der Waals surface area contributed by atoms with Crippen molar-refractivity contribution in [2.45, 2.75) is 24.7 Å². The standard InChI is InChI=1S/C21H21ClN2O3S/c22-18-7-1-4-16(14-18)15-28(25,26)24-12-9-19(10-13-24)27-20-8-2-5-17-6-3-11-23-21(17)20/h1-8,11,14,19H,9-10,12-13,15H2. The van der Waals surface area contributed by atoms with Crippen molar-refractivity contribution in [2.75, 3.05) is 13.1 Å². The Morgan fingerprint density at radius 1 is 1.07 bits per heavy atom. The van der Waals surface area contributed by atoms with E-state index >= 15 is 0 Å². The van der Waals surface area contributed by atoms with E-state index in [-0.39, 0.29) is 11.9 Å². The Morgan fingerprint density at radius 2 is 1.82 bits per heavy atom. The maximum Gasteiger partial charge on any atom is 0.218 e. The molecule has 7 heteroatoms. The van der Waals surface area contributed by atoms with Crippen LogP contribution in [0.1, 0.15) is 18.4 Å². The summed E-state index contributed by atoms with van der Waals surface area (Å²) in [5, 5.41) is 1.57. The van der Waals surface area contributed by atoms with Crippen molar-refractivity contribution in [3.05, 3.63) is 71.4 Å². The lowest BCUT2D eigenvalue weighted by molar-refractivity contribution is 0.136. The first kappa shape index (κ1) is 19.2. The summed E-state index contributed by atoms with van der Waals surface area (Å²) in [7, 11) is -3.38. The lowest BCUT2D eigenvalue weighted by Crippen LogP contribution is -2.42. The predicted molar refractivity (Wildman–Crippen MR) is 111 cm³/mol. The predicted octanol–water partition coefficient (Wildman–Crippen LogP) is 4.26. The molecule has 5 nitrogen and oxygen atoms in total. The van der Waals surface area contributed by atoms with Gasteiger partial charge in [0.15, 0.2) is 0 Å². The second kappa shape index (κ2) is 8.07. The summed E-state index contributed by atoms with van der Waals surface area (Å²) in [6.07, 6.45) is 3.03. The number of fused-ring (bicyclic) bond motifs is 1.